The molecule has 2 aromatic rings. The first-order chi connectivity index (χ1) is 11.5. The molecule has 0 aliphatic carbocycles. The van der Waals surface area contributed by atoms with Gasteiger partial charge < -0.3 is 20.4 Å². The molecule has 0 radical (unpaired) electrons. The number of halogens is 1. The van der Waals surface area contributed by atoms with Crippen LogP contribution in [0.5, 0.6) is 0 Å². The maximum atomic E-state index is 12.4. The number of nitrogens with zero attached hydrogens (tertiary/aromatic N) is 1. The van der Waals surface area contributed by atoms with Crippen molar-refractivity contribution in [1.82, 2.24) is 10.2 Å². The third-order valence-electron chi connectivity index (χ3n) is 4.39. The van der Waals surface area contributed by atoms with Crippen molar-refractivity contribution >= 4 is 29.9 Å². The van der Waals surface area contributed by atoms with E-state index in [-0.39, 0.29) is 30.3 Å². The molecule has 0 saturated carbocycles. The number of piperidine rings is 1. The van der Waals surface area contributed by atoms with Gasteiger partial charge in [-0.05, 0) is 43.5 Å². The molecule has 1 aromatic carbocycles. The molecule has 3 rings (SSSR count). The molecule has 0 unspecified atom stereocenters. The van der Waals surface area contributed by atoms with Crippen molar-refractivity contribution < 1.29 is 14.0 Å². The highest BCUT2D eigenvalue weighted by atomic mass is 35.5. The highest BCUT2D eigenvalue weighted by molar-refractivity contribution is 5.97. The zero-order valence-electron chi connectivity index (χ0n) is 14.0. The smallest absolute Gasteiger partial charge is 0.257 e. The Labute approximate surface area is 152 Å². The molecule has 2 amide bonds. The number of hydrogen-bond donors (Lipinski definition) is 2. The van der Waals surface area contributed by atoms with Crippen LogP contribution in [0.4, 0.5) is 5.69 Å². The molecule has 6 nitrogen and oxygen atoms in total. The Kier molecular flexibility index (Phi) is 6.09. The van der Waals surface area contributed by atoms with Gasteiger partial charge >= 0.3 is 0 Å². The summed E-state index contributed by atoms with van der Waals surface area (Å²) in [4.78, 5) is 26.5. The van der Waals surface area contributed by atoms with E-state index in [0.717, 1.165) is 18.4 Å². The monoisotopic (exact) mass is 363 g/mol. The van der Waals surface area contributed by atoms with Gasteiger partial charge in [0.25, 0.3) is 11.8 Å². The van der Waals surface area contributed by atoms with Gasteiger partial charge in [0, 0.05) is 30.4 Å². The number of carbonyl (C=O) groups is 2. The standard InChI is InChI=1S/C18H21N3O3.ClH/c1-12-2-3-14(19)10-16(12)17(22)20-15-4-7-21(8-5-15)18(23)13-6-9-24-11-13;/h2-3,6,9-11,15H,4-5,7-8,19H2,1H3,(H,20,22);1H. The number of nitrogens with one attached hydrogen (secondary N) is 1. The molecule has 1 aliphatic rings. The number of nitrogens with two attached hydrogens (primary N) is 1. The molecular formula is C18H22ClN3O3. The lowest BCUT2D eigenvalue weighted by molar-refractivity contribution is 0.0697. The largest absolute Gasteiger partial charge is 0.472 e. The minimum Gasteiger partial charge on any atom is -0.472 e. The van der Waals surface area contributed by atoms with E-state index in [0.29, 0.717) is 29.9 Å². The minimum absolute atomic E-state index is 0. The number of anilines is 1. The highest BCUT2D eigenvalue weighted by Gasteiger charge is 2.25. The molecule has 0 bridgehead atoms. The summed E-state index contributed by atoms with van der Waals surface area (Å²) in [6.45, 7) is 3.12. The van der Waals surface area contributed by atoms with E-state index in [1.807, 2.05) is 13.0 Å². The minimum atomic E-state index is -0.112. The van der Waals surface area contributed by atoms with E-state index in [1.54, 1.807) is 23.1 Å². The van der Waals surface area contributed by atoms with Gasteiger partial charge in [0.05, 0.1) is 11.8 Å². The Morgan fingerprint density at radius 3 is 2.60 bits per heavy atom. The van der Waals surface area contributed by atoms with Crippen molar-refractivity contribution in [1.29, 1.82) is 0 Å². The fourth-order valence-electron chi connectivity index (χ4n) is 2.94. The number of rotatable bonds is 3. The lowest BCUT2D eigenvalue weighted by Crippen LogP contribution is -2.46. The van der Waals surface area contributed by atoms with Crippen LogP contribution in [0.15, 0.2) is 41.2 Å². The second-order valence-corrected chi connectivity index (χ2v) is 6.13. The van der Waals surface area contributed by atoms with E-state index < -0.39 is 0 Å². The van der Waals surface area contributed by atoms with Crippen molar-refractivity contribution in [3.63, 3.8) is 0 Å². The average molecular weight is 364 g/mol. The number of benzene rings is 1. The lowest BCUT2D eigenvalue weighted by Gasteiger charge is -2.32. The van der Waals surface area contributed by atoms with E-state index in [9.17, 15) is 9.59 Å². The van der Waals surface area contributed by atoms with Crippen LogP contribution in [0.2, 0.25) is 0 Å². The fourth-order valence-corrected chi connectivity index (χ4v) is 2.94. The Morgan fingerprint density at radius 1 is 1.24 bits per heavy atom. The van der Waals surface area contributed by atoms with Gasteiger partial charge in [-0.3, -0.25) is 9.59 Å². The first-order valence-corrected chi connectivity index (χ1v) is 8.03. The predicted molar refractivity (Wildman–Crippen MR) is 97.9 cm³/mol. The number of hydrogen-bond acceptors (Lipinski definition) is 4. The molecule has 3 N–H and O–H groups in total. The van der Waals surface area contributed by atoms with Crippen LogP contribution in [0.1, 0.15) is 39.1 Å². The normalized spacial score (nSPS) is 14.7. The van der Waals surface area contributed by atoms with Crippen LogP contribution in [-0.2, 0) is 0 Å². The van der Waals surface area contributed by atoms with Gasteiger partial charge in [-0.15, -0.1) is 12.4 Å². The maximum Gasteiger partial charge on any atom is 0.257 e. The van der Waals surface area contributed by atoms with Gasteiger partial charge in [-0.2, -0.15) is 0 Å². The van der Waals surface area contributed by atoms with Crippen LogP contribution < -0.4 is 11.1 Å². The molecule has 1 aliphatic heterocycles. The summed E-state index contributed by atoms with van der Waals surface area (Å²) in [7, 11) is 0. The molecule has 25 heavy (non-hydrogen) atoms. The Bertz CT molecular complexity index is 738. The van der Waals surface area contributed by atoms with E-state index in [2.05, 4.69) is 5.32 Å². The second-order valence-electron chi connectivity index (χ2n) is 6.13. The molecule has 1 fully saturated rings. The fraction of sp³-hybridized carbons (Fsp3) is 0.333. The third-order valence-corrected chi connectivity index (χ3v) is 4.39. The first-order valence-electron chi connectivity index (χ1n) is 8.03. The zero-order chi connectivity index (χ0) is 17.1. The van der Waals surface area contributed by atoms with Crippen molar-refractivity contribution in [2.75, 3.05) is 18.8 Å². The van der Waals surface area contributed by atoms with Crippen molar-refractivity contribution in [2.45, 2.75) is 25.8 Å². The van der Waals surface area contributed by atoms with Crippen LogP contribution in [0.25, 0.3) is 0 Å². The average Bonchev–Trinajstić information content (AvgIpc) is 3.11. The number of furan rings is 1. The topological polar surface area (TPSA) is 88.6 Å². The number of aryl methyl sites for hydroxylation is 1. The molecule has 1 saturated heterocycles. The maximum absolute atomic E-state index is 12.4. The SMILES string of the molecule is Cc1ccc(N)cc1C(=O)NC1CCN(C(=O)c2ccoc2)CC1.Cl. The second kappa shape index (κ2) is 8.07. The molecule has 0 spiro atoms. The predicted octanol–water partition coefficient (Wildman–Crippen LogP) is 2.63. The number of carbonyl (C=O) groups excluding carboxylic acids is 2. The number of amides is 2. The Hall–Kier alpha value is -2.47. The van der Waals surface area contributed by atoms with Gasteiger partial charge in [0.15, 0.2) is 0 Å². The summed E-state index contributed by atoms with van der Waals surface area (Å²) < 4.78 is 4.96. The van der Waals surface area contributed by atoms with Gasteiger partial charge in [-0.1, -0.05) is 6.07 Å². The van der Waals surface area contributed by atoms with E-state index in [1.165, 1.54) is 12.5 Å². The van der Waals surface area contributed by atoms with Crippen LogP contribution in [-0.4, -0.2) is 35.8 Å². The molecular weight excluding hydrogens is 342 g/mol. The van der Waals surface area contributed by atoms with E-state index >= 15 is 0 Å². The molecule has 1 aromatic heterocycles. The molecule has 2 heterocycles. The molecule has 7 heteroatoms. The Balaban J connectivity index is 0.00000225. The molecule has 0 atom stereocenters. The first kappa shape index (κ1) is 18.9. The molecule has 134 valence electrons. The van der Waals surface area contributed by atoms with Gasteiger partial charge in [0.1, 0.15) is 6.26 Å². The lowest BCUT2D eigenvalue weighted by atomic mass is 10.0. The summed E-state index contributed by atoms with van der Waals surface area (Å²) in [6, 6.07) is 7.05. The quantitative estimate of drug-likeness (QED) is 0.820. The van der Waals surface area contributed by atoms with Crippen molar-refractivity contribution in [2.24, 2.45) is 0 Å². The number of likely N-dealkylation sites (tertiary alicyclic amines) is 1. The summed E-state index contributed by atoms with van der Waals surface area (Å²) in [5.41, 5.74) is 8.40. The summed E-state index contributed by atoms with van der Waals surface area (Å²) in [6.07, 6.45) is 4.42. The van der Waals surface area contributed by atoms with Crippen molar-refractivity contribution in [3.8, 4) is 0 Å². The number of nitrogen functional groups attached to an aromatic ring is 1. The highest BCUT2D eigenvalue weighted by Crippen LogP contribution is 2.17. The third kappa shape index (κ3) is 4.33. The summed E-state index contributed by atoms with van der Waals surface area (Å²) in [5, 5.41) is 3.05. The zero-order valence-corrected chi connectivity index (χ0v) is 14.8. The van der Waals surface area contributed by atoms with Crippen LogP contribution in [0.3, 0.4) is 0 Å². The van der Waals surface area contributed by atoms with Crippen molar-refractivity contribution in [3.05, 3.63) is 53.5 Å². The van der Waals surface area contributed by atoms with Crippen LogP contribution >= 0.6 is 12.4 Å². The summed E-state index contributed by atoms with van der Waals surface area (Å²) >= 11 is 0. The summed E-state index contributed by atoms with van der Waals surface area (Å²) in [5.74, 6) is -0.139. The van der Waals surface area contributed by atoms with Gasteiger partial charge in [0.2, 0.25) is 0 Å². The van der Waals surface area contributed by atoms with Gasteiger partial charge in [-0.25, -0.2) is 0 Å². The Morgan fingerprint density at radius 2 is 1.96 bits per heavy atom. The van der Waals surface area contributed by atoms with E-state index in [4.69, 9.17) is 10.2 Å². The van der Waals surface area contributed by atoms with Crippen LogP contribution in [0, 0.1) is 6.92 Å².